The van der Waals surface area contributed by atoms with Crippen molar-refractivity contribution in [3.63, 3.8) is 0 Å². The number of ether oxygens (including phenoxy) is 1. The number of hydrogen-bond acceptors (Lipinski definition) is 7. The number of fused-ring (bicyclic) bond motifs is 1. The molecule has 4 heterocycles. The maximum atomic E-state index is 13.7. The molecule has 1 atom stereocenters. The predicted molar refractivity (Wildman–Crippen MR) is 134 cm³/mol. The van der Waals surface area contributed by atoms with Crippen LogP contribution in [0.5, 0.6) is 11.5 Å². The largest absolute Gasteiger partial charge is 0.456 e. The minimum Gasteiger partial charge on any atom is -0.456 e. The molecule has 1 aliphatic heterocycles. The highest BCUT2D eigenvalue weighted by molar-refractivity contribution is 6.35. The van der Waals surface area contributed by atoms with E-state index in [2.05, 4.69) is 26.8 Å². The third kappa shape index (κ3) is 4.23. The Morgan fingerprint density at radius 2 is 2.08 bits per heavy atom. The summed E-state index contributed by atoms with van der Waals surface area (Å²) in [6.45, 7) is 2.18. The Kier molecular flexibility index (Phi) is 6.27. The summed E-state index contributed by atoms with van der Waals surface area (Å²) in [7, 11) is 0. The Labute approximate surface area is 211 Å². The van der Waals surface area contributed by atoms with E-state index in [4.69, 9.17) is 22.1 Å². The number of aromatic nitrogens is 4. The summed E-state index contributed by atoms with van der Waals surface area (Å²) in [4.78, 5) is 40.8. The number of halogens is 1. The SMILES string of the molecule is CC#CC(=O)N1CCC[C@H]1c1nc(C(=O)c2ccc(Oc3cccnc3)cc2Cl)c2c(N)nccn12. The van der Waals surface area contributed by atoms with Gasteiger partial charge in [0.1, 0.15) is 34.4 Å². The summed E-state index contributed by atoms with van der Waals surface area (Å²) < 4.78 is 7.48. The van der Waals surface area contributed by atoms with E-state index in [0.29, 0.717) is 35.8 Å². The van der Waals surface area contributed by atoms with Crippen molar-refractivity contribution in [2.24, 2.45) is 0 Å². The molecule has 0 aliphatic carbocycles. The van der Waals surface area contributed by atoms with Gasteiger partial charge in [-0.05, 0) is 50.0 Å². The lowest BCUT2D eigenvalue weighted by molar-refractivity contribution is -0.126. The van der Waals surface area contributed by atoms with Crippen molar-refractivity contribution >= 4 is 34.6 Å². The molecule has 180 valence electrons. The predicted octanol–water partition coefficient (Wildman–Crippen LogP) is 4.07. The van der Waals surface area contributed by atoms with Gasteiger partial charge >= 0.3 is 0 Å². The molecule has 4 aromatic rings. The van der Waals surface area contributed by atoms with Gasteiger partial charge in [-0.25, -0.2) is 9.97 Å². The van der Waals surface area contributed by atoms with Crippen LogP contribution in [-0.4, -0.2) is 42.5 Å². The molecule has 2 N–H and O–H groups in total. The number of pyridine rings is 1. The van der Waals surface area contributed by atoms with Crippen LogP contribution in [0.1, 0.15) is 47.7 Å². The van der Waals surface area contributed by atoms with E-state index in [1.54, 1.807) is 65.1 Å². The molecule has 1 fully saturated rings. The number of amides is 1. The zero-order valence-corrected chi connectivity index (χ0v) is 20.1. The van der Waals surface area contributed by atoms with Crippen LogP contribution < -0.4 is 10.5 Å². The van der Waals surface area contributed by atoms with Crippen LogP contribution in [-0.2, 0) is 4.79 Å². The van der Waals surface area contributed by atoms with Gasteiger partial charge in [0.25, 0.3) is 5.91 Å². The van der Waals surface area contributed by atoms with Crippen molar-refractivity contribution in [2.45, 2.75) is 25.8 Å². The van der Waals surface area contributed by atoms with Gasteiger partial charge in [-0.2, -0.15) is 0 Å². The Bertz CT molecular complexity index is 1540. The highest BCUT2D eigenvalue weighted by atomic mass is 35.5. The van der Waals surface area contributed by atoms with E-state index >= 15 is 0 Å². The second-order valence-electron chi connectivity index (χ2n) is 8.14. The molecule has 3 aromatic heterocycles. The Hall–Kier alpha value is -4.42. The number of rotatable bonds is 5. The molecular formula is C26H21ClN6O3. The van der Waals surface area contributed by atoms with Gasteiger partial charge < -0.3 is 15.4 Å². The zero-order valence-electron chi connectivity index (χ0n) is 19.3. The fourth-order valence-electron chi connectivity index (χ4n) is 4.35. The minimum atomic E-state index is -0.416. The first-order chi connectivity index (χ1) is 17.5. The summed E-state index contributed by atoms with van der Waals surface area (Å²) in [6, 6.07) is 7.95. The number of carbonyl (C=O) groups excluding carboxylic acids is 2. The van der Waals surface area contributed by atoms with Crippen LogP contribution in [0.2, 0.25) is 5.02 Å². The highest BCUT2D eigenvalue weighted by Gasteiger charge is 2.34. The third-order valence-electron chi connectivity index (χ3n) is 5.92. The van der Waals surface area contributed by atoms with Crippen molar-refractivity contribution in [3.8, 4) is 23.3 Å². The van der Waals surface area contributed by atoms with Gasteiger partial charge in [-0.15, -0.1) is 0 Å². The number of carbonyl (C=O) groups is 2. The Balaban J connectivity index is 1.54. The molecule has 5 rings (SSSR count). The van der Waals surface area contributed by atoms with E-state index in [1.807, 2.05) is 0 Å². The second-order valence-corrected chi connectivity index (χ2v) is 8.55. The first-order valence-electron chi connectivity index (χ1n) is 11.3. The lowest BCUT2D eigenvalue weighted by Crippen LogP contribution is -2.30. The van der Waals surface area contributed by atoms with Crippen LogP contribution in [0.25, 0.3) is 5.52 Å². The molecule has 0 radical (unpaired) electrons. The quantitative estimate of drug-likeness (QED) is 0.324. The summed E-state index contributed by atoms with van der Waals surface area (Å²) in [5.41, 5.74) is 6.90. The summed E-state index contributed by atoms with van der Waals surface area (Å²) in [6.07, 6.45) is 7.92. The van der Waals surface area contributed by atoms with Crippen LogP contribution in [0.15, 0.2) is 55.1 Å². The summed E-state index contributed by atoms with van der Waals surface area (Å²) in [5, 5.41) is 0.197. The number of nitrogens with two attached hydrogens (primary N) is 1. The molecular weight excluding hydrogens is 480 g/mol. The number of benzene rings is 1. The van der Waals surface area contributed by atoms with Crippen molar-refractivity contribution in [1.29, 1.82) is 0 Å². The molecule has 36 heavy (non-hydrogen) atoms. The first kappa shape index (κ1) is 23.3. The molecule has 1 aliphatic rings. The Morgan fingerprint density at radius 1 is 1.22 bits per heavy atom. The molecule has 1 saturated heterocycles. The van der Waals surface area contributed by atoms with Gasteiger partial charge in [0, 0.05) is 36.8 Å². The van der Waals surface area contributed by atoms with Crippen molar-refractivity contribution in [3.05, 3.63) is 77.2 Å². The second kappa shape index (κ2) is 9.68. The molecule has 0 unspecified atom stereocenters. The minimum absolute atomic E-state index is 0.110. The van der Waals surface area contributed by atoms with Gasteiger partial charge in [-0.3, -0.25) is 19.0 Å². The molecule has 0 bridgehead atoms. The van der Waals surface area contributed by atoms with Crippen LogP contribution in [0.4, 0.5) is 5.82 Å². The Morgan fingerprint density at radius 3 is 2.83 bits per heavy atom. The van der Waals surface area contributed by atoms with E-state index in [1.165, 1.54) is 6.20 Å². The maximum Gasteiger partial charge on any atom is 0.299 e. The lowest BCUT2D eigenvalue weighted by atomic mass is 10.1. The maximum absolute atomic E-state index is 13.7. The van der Waals surface area contributed by atoms with Crippen molar-refractivity contribution in [1.82, 2.24) is 24.3 Å². The number of ketones is 1. The molecule has 9 nitrogen and oxygen atoms in total. The van der Waals surface area contributed by atoms with Crippen LogP contribution >= 0.6 is 11.6 Å². The van der Waals surface area contributed by atoms with E-state index < -0.39 is 5.78 Å². The molecule has 0 saturated carbocycles. The zero-order chi connectivity index (χ0) is 25.2. The number of anilines is 1. The topological polar surface area (TPSA) is 116 Å². The van der Waals surface area contributed by atoms with Gasteiger partial charge in [-0.1, -0.05) is 17.5 Å². The van der Waals surface area contributed by atoms with E-state index in [-0.39, 0.29) is 34.0 Å². The number of likely N-dealkylation sites (tertiary alicyclic amines) is 1. The summed E-state index contributed by atoms with van der Waals surface area (Å²) >= 11 is 6.50. The van der Waals surface area contributed by atoms with E-state index in [0.717, 1.165) is 6.42 Å². The molecule has 10 heteroatoms. The van der Waals surface area contributed by atoms with Crippen molar-refractivity contribution < 1.29 is 14.3 Å². The third-order valence-corrected chi connectivity index (χ3v) is 6.24. The summed E-state index contributed by atoms with van der Waals surface area (Å²) in [5.74, 6) is 6.23. The van der Waals surface area contributed by atoms with E-state index in [9.17, 15) is 9.59 Å². The molecule has 1 amide bonds. The number of nitrogen functional groups attached to an aromatic ring is 1. The highest BCUT2D eigenvalue weighted by Crippen LogP contribution is 2.35. The number of imidazole rings is 1. The fourth-order valence-corrected chi connectivity index (χ4v) is 4.61. The standard InChI is InChI=1S/C26H21ClN6O3/c1-2-5-21(34)32-12-4-7-20(32)26-31-22(23-25(28)30-11-13-33(23)26)24(35)18-9-8-16(14-19(18)27)36-17-6-3-10-29-15-17/h3,6,8-11,13-15,20H,4,7,12H2,1H3,(H2,28,30)/t20-/m0/s1. The molecule has 0 spiro atoms. The van der Waals surface area contributed by atoms with Gasteiger partial charge in [0.15, 0.2) is 0 Å². The van der Waals surface area contributed by atoms with Crippen LogP contribution in [0.3, 0.4) is 0 Å². The first-order valence-corrected chi connectivity index (χ1v) is 11.6. The number of hydrogen-bond donors (Lipinski definition) is 1. The average molecular weight is 501 g/mol. The fraction of sp³-hybridized carbons (Fsp3) is 0.192. The molecule has 1 aromatic carbocycles. The average Bonchev–Trinajstić information content (AvgIpc) is 3.50. The monoisotopic (exact) mass is 500 g/mol. The number of nitrogens with zero attached hydrogens (tertiary/aromatic N) is 5. The normalized spacial score (nSPS) is 14.9. The van der Waals surface area contributed by atoms with Crippen molar-refractivity contribution in [2.75, 3.05) is 12.3 Å². The van der Waals surface area contributed by atoms with Gasteiger partial charge in [0.05, 0.1) is 17.3 Å². The lowest BCUT2D eigenvalue weighted by Gasteiger charge is -2.21. The smallest absolute Gasteiger partial charge is 0.299 e. The van der Waals surface area contributed by atoms with Gasteiger partial charge in [0.2, 0.25) is 5.78 Å². The van der Waals surface area contributed by atoms with Crippen LogP contribution in [0, 0.1) is 11.8 Å².